The summed E-state index contributed by atoms with van der Waals surface area (Å²) in [7, 11) is 0. The van der Waals surface area contributed by atoms with E-state index in [9.17, 15) is 9.90 Å². The van der Waals surface area contributed by atoms with Crippen LogP contribution in [-0.4, -0.2) is 16.8 Å². The summed E-state index contributed by atoms with van der Waals surface area (Å²) in [5, 5.41) is 13.2. The first-order chi connectivity index (χ1) is 13.4. The molecular formula is C23H29NO4. The molecule has 0 aliphatic carbocycles. The van der Waals surface area contributed by atoms with Gasteiger partial charge < -0.3 is 19.6 Å². The van der Waals surface area contributed by atoms with Crippen molar-refractivity contribution in [1.29, 1.82) is 0 Å². The van der Waals surface area contributed by atoms with E-state index in [0.717, 1.165) is 33.2 Å². The van der Waals surface area contributed by atoms with E-state index in [2.05, 4.69) is 5.32 Å². The zero-order valence-electron chi connectivity index (χ0n) is 17.2. The van der Waals surface area contributed by atoms with Crippen LogP contribution in [0.25, 0.3) is 22.1 Å². The summed E-state index contributed by atoms with van der Waals surface area (Å²) in [4.78, 5) is 11.8. The van der Waals surface area contributed by atoms with E-state index in [4.69, 9.17) is 9.15 Å². The molecule has 0 unspecified atom stereocenters. The van der Waals surface area contributed by atoms with Crippen LogP contribution in [0.3, 0.4) is 0 Å². The lowest BCUT2D eigenvalue weighted by Crippen LogP contribution is -2.32. The Balaban J connectivity index is 0.00000136. The molecule has 0 spiro atoms. The van der Waals surface area contributed by atoms with Crippen LogP contribution in [0.15, 0.2) is 53.1 Å². The first-order valence-corrected chi connectivity index (χ1v) is 9.53. The normalized spacial score (nSPS) is 10.9. The van der Waals surface area contributed by atoms with Gasteiger partial charge in [-0.05, 0) is 61.7 Å². The van der Waals surface area contributed by atoms with Gasteiger partial charge in [0, 0.05) is 17.5 Å². The Morgan fingerprint density at radius 2 is 1.86 bits per heavy atom. The van der Waals surface area contributed by atoms with Crippen LogP contribution < -0.4 is 5.32 Å². The largest absolute Gasteiger partial charge is 0.464 e. The van der Waals surface area contributed by atoms with Gasteiger partial charge in [-0.3, -0.25) is 0 Å². The lowest BCUT2D eigenvalue weighted by atomic mass is 9.99. The average molecular weight is 383 g/mol. The van der Waals surface area contributed by atoms with Crippen LogP contribution in [-0.2, 0) is 17.9 Å². The Hall–Kier alpha value is -2.79. The van der Waals surface area contributed by atoms with E-state index in [0.29, 0.717) is 6.54 Å². The molecule has 0 aliphatic rings. The molecule has 3 rings (SSSR count). The molecule has 5 nitrogen and oxygen atoms in total. The number of nitrogens with one attached hydrogen (secondary N) is 1. The lowest BCUT2D eigenvalue weighted by Gasteiger charge is -2.19. The lowest BCUT2D eigenvalue weighted by molar-refractivity contribution is 0.0523. The van der Waals surface area contributed by atoms with Gasteiger partial charge in [0.25, 0.3) is 0 Å². The summed E-state index contributed by atoms with van der Waals surface area (Å²) in [5.74, 6) is 0. The van der Waals surface area contributed by atoms with E-state index in [-0.39, 0.29) is 6.61 Å². The third kappa shape index (κ3) is 5.60. The standard InChI is InChI=1S/C21H23NO4.C2H6/c1-21(2,3)26-20(24)22-12-14-5-4-6-16(9-14)18-11-15(13-23)10-17-7-8-25-19(17)18;1-2/h4-11,23H,12-13H2,1-3H3,(H,22,24);1-2H3. The maximum absolute atomic E-state index is 11.8. The van der Waals surface area contributed by atoms with E-state index >= 15 is 0 Å². The minimum absolute atomic E-state index is 0.0337. The summed E-state index contributed by atoms with van der Waals surface area (Å²) in [6.07, 6.45) is 1.20. The van der Waals surface area contributed by atoms with Crippen molar-refractivity contribution in [3.05, 3.63) is 59.9 Å². The number of hydrogen-bond acceptors (Lipinski definition) is 4. The smallest absolute Gasteiger partial charge is 0.407 e. The zero-order valence-corrected chi connectivity index (χ0v) is 17.2. The van der Waals surface area contributed by atoms with Crippen molar-refractivity contribution in [2.75, 3.05) is 0 Å². The molecular weight excluding hydrogens is 354 g/mol. The number of furan rings is 1. The first kappa shape index (κ1) is 21.5. The van der Waals surface area contributed by atoms with Crippen molar-refractivity contribution in [1.82, 2.24) is 5.32 Å². The highest BCUT2D eigenvalue weighted by Crippen LogP contribution is 2.31. The number of aliphatic hydroxyl groups excluding tert-OH is 1. The molecule has 0 aliphatic heterocycles. The van der Waals surface area contributed by atoms with Crippen molar-refractivity contribution in [2.24, 2.45) is 0 Å². The molecule has 0 radical (unpaired) electrons. The fourth-order valence-electron chi connectivity index (χ4n) is 2.79. The topological polar surface area (TPSA) is 71.7 Å². The van der Waals surface area contributed by atoms with E-state index in [1.807, 2.05) is 77.1 Å². The number of rotatable bonds is 4. The highest BCUT2D eigenvalue weighted by atomic mass is 16.6. The second kappa shape index (κ2) is 9.42. The molecule has 5 heteroatoms. The molecule has 3 aromatic rings. The second-order valence-electron chi connectivity index (χ2n) is 7.20. The van der Waals surface area contributed by atoms with Gasteiger partial charge in [0.2, 0.25) is 0 Å². The third-order valence-electron chi connectivity index (χ3n) is 3.87. The number of ether oxygens (including phenoxy) is 1. The van der Waals surface area contributed by atoms with Gasteiger partial charge in [0.1, 0.15) is 11.2 Å². The average Bonchev–Trinajstić information content (AvgIpc) is 3.14. The molecule has 0 bridgehead atoms. The fourth-order valence-corrected chi connectivity index (χ4v) is 2.79. The number of carbonyl (C=O) groups is 1. The molecule has 0 saturated heterocycles. The number of fused-ring (bicyclic) bond motifs is 1. The van der Waals surface area contributed by atoms with Gasteiger partial charge in [-0.2, -0.15) is 0 Å². The van der Waals surface area contributed by atoms with Gasteiger partial charge in [-0.25, -0.2) is 4.79 Å². The molecule has 0 fully saturated rings. The minimum Gasteiger partial charge on any atom is -0.464 e. The molecule has 1 heterocycles. The minimum atomic E-state index is -0.526. The van der Waals surface area contributed by atoms with Crippen LogP contribution in [0, 0.1) is 0 Å². The summed E-state index contributed by atoms with van der Waals surface area (Å²) in [6, 6.07) is 13.6. The van der Waals surface area contributed by atoms with Crippen molar-refractivity contribution >= 4 is 17.1 Å². The Morgan fingerprint density at radius 3 is 2.54 bits per heavy atom. The highest BCUT2D eigenvalue weighted by molar-refractivity contribution is 5.93. The van der Waals surface area contributed by atoms with Crippen molar-refractivity contribution in [3.63, 3.8) is 0 Å². The van der Waals surface area contributed by atoms with Gasteiger partial charge in [-0.1, -0.05) is 32.0 Å². The predicted molar refractivity (Wildman–Crippen MR) is 112 cm³/mol. The Bertz CT molecular complexity index is 922. The second-order valence-corrected chi connectivity index (χ2v) is 7.20. The maximum Gasteiger partial charge on any atom is 0.407 e. The van der Waals surface area contributed by atoms with E-state index in [1.165, 1.54) is 0 Å². The molecule has 1 amide bonds. The fraction of sp³-hybridized carbons (Fsp3) is 0.348. The summed E-state index contributed by atoms with van der Waals surface area (Å²) in [6.45, 7) is 9.82. The first-order valence-electron chi connectivity index (χ1n) is 9.53. The Kier molecular flexibility index (Phi) is 7.24. The van der Waals surface area contributed by atoms with Gasteiger partial charge in [0.05, 0.1) is 12.9 Å². The van der Waals surface area contributed by atoms with Crippen molar-refractivity contribution in [3.8, 4) is 11.1 Å². The number of hydrogen-bond donors (Lipinski definition) is 2. The monoisotopic (exact) mass is 383 g/mol. The molecule has 28 heavy (non-hydrogen) atoms. The summed E-state index contributed by atoms with van der Waals surface area (Å²) >= 11 is 0. The van der Waals surface area contributed by atoms with Gasteiger partial charge in [0.15, 0.2) is 0 Å². The van der Waals surface area contributed by atoms with Gasteiger partial charge in [-0.15, -0.1) is 0 Å². The number of carbonyl (C=O) groups excluding carboxylic acids is 1. The van der Waals surface area contributed by atoms with E-state index in [1.54, 1.807) is 6.26 Å². The Labute approximate surface area is 166 Å². The van der Waals surface area contributed by atoms with Crippen molar-refractivity contribution < 1.29 is 19.1 Å². The number of amides is 1. The van der Waals surface area contributed by atoms with Crippen LogP contribution in [0.1, 0.15) is 45.7 Å². The molecule has 150 valence electrons. The molecule has 0 atom stereocenters. The van der Waals surface area contributed by atoms with Crippen molar-refractivity contribution in [2.45, 2.75) is 53.4 Å². The number of alkyl carbamates (subject to hydrolysis) is 1. The molecule has 1 aromatic heterocycles. The van der Waals surface area contributed by atoms with Gasteiger partial charge >= 0.3 is 6.09 Å². The number of benzene rings is 2. The third-order valence-corrected chi connectivity index (χ3v) is 3.87. The molecule has 2 aromatic carbocycles. The SMILES string of the molecule is CC.CC(C)(C)OC(=O)NCc1cccc(-c2cc(CO)cc3ccoc23)c1. The Morgan fingerprint density at radius 1 is 1.11 bits per heavy atom. The summed E-state index contributed by atoms with van der Waals surface area (Å²) in [5.41, 5.74) is 3.90. The molecule has 2 N–H and O–H groups in total. The molecule has 0 saturated carbocycles. The summed E-state index contributed by atoms with van der Waals surface area (Å²) < 4.78 is 10.9. The zero-order chi connectivity index (χ0) is 20.7. The van der Waals surface area contributed by atoms with Crippen LogP contribution in [0.2, 0.25) is 0 Å². The van der Waals surface area contributed by atoms with Crippen LogP contribution in [0.4, 0.5) is 4.79 Å². The highest BCUT2D eigenvalue weighted by Gasteiger charge is 2.16. The van der Waals surface area contributed by atoms with Crippen LogP contribution >= 0.6 is 0 Å². The predicted octanol–water partition coefficient (Wildman–Crippen LogP) is 5.64. The van der Waals surface area contributed by atoms with E-state index < -0.39 is 11.7 Å². The quantitative estimate of drug-likeness (QED) is 0.611. The maximum atomic E-state index is 11.8. The van der Waals surface area contributed by atoms with Crippen LogP contribution in [0.5, 0.6) is 0 Å². The number of aliphatic hydroxyl groups is 1.